The minimum atomic E-state index is -0.168. The van der Waals surface area contributed by atoms with Gasteiger partial charge >= 0.3 is 0 Å². The lowest BCUT2D eigenvalue weighted by Crippen LogP contribution is -2.56. The van der Waals surface area contributed by atoms with Crippen LogP contribution in [-0.2, 0) is 0 Å². The molecule has 9 rings (SSSR count). The Bertz CT molecular complexity index is 2270. The van der Waals surface area contributed by atoms with Crippen molar-refractivity contribution in [2.75, 3.05) is 0 Å². The van der Waals surface area contributed by atoms with E-state index in [1.165, 1.54) is 64.2 Å². The van der Waals surface area contributed by atoms with Crippen LogP contribution in [0.25, 0.3) is 53.1 Å². The molecule has 3 heterocycles. The Kier molecular flexibility index (Phi) is 6.10. The SMILES string of the molecule is c1ccc(-c2ccc(C3NC(c4ccccc4)NC(n4c5ccccc5c5ccc6c7ccccc7sc6c54)N3)cc2)cc1. The van der Waals surface area contributed by atoms with E-state index in [1.807, 2.05) is 11.3 Å². The quantitative estimate of drug-likeness (QED) is 0.192. The van der Waals surface area contributed by atoms with Crippen LogP contribution in [0.1, 0.15) is 29.7 Å². The van der Waals surface area contributed by atoms with Crippen molar-refractivity contribution in [2.45, 2.75) is 18.6 Å². The van der Waals surface area contributed by atoms with Crippen molar-refractivity contribution in [2.24, 2.45) is 0 Å². The van der Waals surface area contributed by atoms with E-state index in [0.717, 1.165) is 0 Å². The third-order valence-electron chi connectivity index (χ3n) is 8.94. The molecular formula is C39H30N4S. The van der Waals surface area contributed by atoms with Crippen LogP contribution in [0.15, 0.2) is 146 Å². The fourth-order valence-corrected chi connectivity index (χ4v) is 8.08. The molecule has 1 saturated heterocycles. The molecule has 0 saturated carbocycles. The molecule has 212 valence electrons. The van der Waals surface area contributed by atoms with Crippen LogP contribution in [0, 0.1) is 0 Å². The minimum absolute atomic E-state index is 0.0564. The summed E-state index contributed by atoms with van der Waals surface area (Å²) < 4.78 is 5.13. The third kappa shape index (κ3) is 4.17. The van der Waals surface area contributed by atoms with Crippen molar-refractivity contribution in [3.05, 3.63) is 157 Å². The second-order valence-electron chi connectivity index (χ2n) is 11.5. The molecule has 1 fully saturated rings. The Morgan fingerprint density at radius 2 is 1.05 bits per heavy atom. The number of nitrogens with one attached hydrogen (secondary N) is 3. The molecule has 0 bridgehead atoms. The van der Waals surface area contributed by atoms with Crippen LogP contribution in [-0.4, -0.2) is 4.57 Å². The average Bonchev–Trinajstić information content (AvgIpc) is 3.65. The summed E-state index contributed by atoms with van der Waals surface area (Å²) in [5, 5.41) is 16.9. The van der Waals surface area contributed by atoms with Crippen molar-refractivity contribution >= 4 is 53.3 Å². The van der Waals surface area contributed by atoms with Gasteiger partial charge in [-0.05, 0) is 34.4 Å². The first-order chi connectivity index (χ1) is 21.8. The van der Waals surface area contributed by atoms with Crippen molar-refractivity contribution < 1.29 is 0 Å². The maximum Gasteiger partial charge on any atom is 0.142 e. The molecule has 3 unspecified atom stereocenters. The van der Waals surface area contributed by atoms with Gasteiger partial charge in [0.2, 0.25) is 0 Å². The minimum Gasteiger partial charge on any atom is -0.310 e. The van der Waals surface area contributed by atoms with E-state index in [9.17, 15) is 0 Å². The number of hydrogen-bond acceptors (Lipinski definition) is 4. The molecule has 44 heavy (non-hydrogen) atoms. The van der Waals surface area contributed by atoms with Gasteiger partial charge in [-0.3, -0.25) is 16.0 Å². The van der Waals surface area contributed by atoms with Crippen LogP contribution < -0.4 is 16.0 Å². The van der Waals surface area contributed by atoms with Crippen molar-refractivity contribution in [1.82, 2.24) is 20.5 Å². The molecule has 0 radical (unpaired) electrons. The Hall–Kier alpha value is -4.78. The van der Waals surface area contributed by atoms with Gasteiger partial charge in [0.05, 0.1) is 28.1 Å². The molecule has 8 aromatic rings. The number of thiophene rings is 1. The van der Waals surface area contributed by atoms with E-state index in [-0.39, 0.29) is 18.6 Å². The summed E-state index contributed by atoms with van der Waals surface area (Å²) in [5.41, 5.74) is 7.32. The van der Waals surface area contributed by atoms with Gasteiger partial charge in [0.15, 0.2) is 0 Å². The van der Waals surface area contributed by atoms with E-state index in [4.69, 9.17) is 0 Å². The van der Waals surface area contributed by atoms with E-state index in [2.05, 4.69) is 166 Å². The number of aromatic nitrogens is 1. The van der Waals surface area contributed by atoms with Gasteiger partial charge in [0.1, 0.15) is 6.29 Å². The van der Waals surface area contributed by atoms with Crippen molar-refractivity contribution in [1.29, 1.82) is 0 Å². The fraction of sp³-hybridized carbons (Fsp3) is 0.0769. The van der Waals surface area contributed by atoms with E-state index < -0.39 is 0 Å². The summed E-state index contributed by atoms with van der Waals surface area (Å²) in [5.74, 6) is 0. The largest absolute Gasteiger partial charge is 0.310 e. The van der Waals surface area contributed by atoms with Crippen LogP contribution >= 0.6 is 11.3 Å². The molecule has 6 aromatic carbocycles. The molecule has 1 aliphatic heterocycles. The molecule has 1 aliphatic rings. The Morgan fingerprint density at radius 1 is 0.455 bits per heavy atom. The van der Waals surface area contributed by atoms with Crippen LogP contribution in [0.2, 0.25) is 0 Å². The Labute approximate surface area is 259 Å². The summed E-state index contributed by atoms with van der Waals surface area (Å²) in [6.07, 6.45) is -0.299. The van der Waals surface area contributed by atoms with Gasteiger partial charge in [-0.1, -0.05) is 133 Å². The molecule has 0 spiro atoms. The maximum absolute atomic E-state index is 3.96. The predicted molar refractivity (Wildman–Crippen MR) is 185 cm³/mol. The van der Waals surface area contributed by atoms with Gasteiger partial charge in [0.25, 0.3) is 0 Å². The average molecular weight is 587 g/mol. The highest BCUT2D eigenvalue weighted by molar-refractivity contribution is 7.26. The number of hydrogen-bond donors (Lipinski definition) is 3. The van der Waals surface area contributed by atoms with Gasteiger partial charge in [-0.15, -0.1) is 11.3 Å². The highest BCUT2D eigenvalue weighted by Gasteiger charge is 2.32. The zero-order valence-electron chi connectivity index (χ0n) is 23.9. The fourth-order valence-electron chi connectivity index (χ4n) is 6.84. The summed E-state index contributed by atoms with van der Waals surface area (Å²) in [6, 6.07) is 52.4. The zero-order valence-corrected chi connectivity index (χ0v) is 24.8. The molecule has 2 aromatic heterocycles. The third-order valence-corrected chi connectivity index (χ3v) is 10.1. The highest BCUT2D eigenvalue weighted by Crippen LogP contribution is 2.43. The second kappa shape index (κ2) is 10.4. The monoisotopic (exact) mass is 586 g/mol. The smallest absolute Gasteiger partial charge is 0.142 e. The van der Waals surface area contributed by atoms with E-state index in [0.29, 0.717) is 0 Å². The molecule has 3 atom stereocenters. The van der Waals surface area contributed by atoms with E-state index in [1.54, 1.807) is 0 Å². The summed E-state index contributed by atoms with van der Waals surface area (Å²) in [4.78, 5) is 0. The number of rotatable bonds is 4. The summed E-state index contributed by atoms with van der Waals surface area (Å²) >= 11 is 1.89. The highest BCUT2D eigenvalue weighted by atomic mass is 32.1. The molecule has 3 N–H and O–H groups in total. The van der Waals surface area contributed by atoms with Crippen molar-refractivity contribution in [3.8, 4) is 11.1 Å². The molecule has 0 amide bonds. The molecular weight excluding hydrogens is 557 g/mol. The number of benzene rings is 6. The molecule has 0 aliphatic carbocycles. The first-order valence-corrected chi connectivity index (χ1v) is 15.9. The lowest BCUT2D eigenvalue weighted by atomic mass is 10.0. The van der Waals surface area contributed by atoms with Gasteiger partial charge < -0.3 is 4.57 Å². The molecule has 5 heteroatoms. The summed E-state index contributed by atoms with van der Waals surface area (Å²) in [6.45, 7) is 0. The lowest BCUT2D eigenvalue weighted by molar-refractivity contribution is 0.161. The number of fused-ring (bicyclic) bond motifs is 7. The summed E-state index contributed by atoms with van der Waals surface area (Å²) in [7, 11) is 0. The predicted octanol–water partition coefficient (Wildman–Crippen LogP) is 9.47. The Balaban J connectivity index is 1.22. The Morgan fingerprint density at radius 3 is 1.82 bits per heavy atom. The zero-order chi connectivity index (χ0) is 29.0. The first-order valence-electron chi connectivity index (χ1n) is 15.1. The number of nitrogens with zero attached hydrogens (tertiary/aromatic N) is 1. The normalized spacial score (nSPS) is 18.9. The van der Waals surface area contributed by atoms with Gasteiger partial charge in [-0.25, -0.2) is 0 Å². The van der Waals surface area contributed by atoms with Crippen LogP contribution in [0.3, 0.4) is 0 Å². The van der Waals surface area contributed by atoms with Crippen molar-refractivity contribution in [3.63, 3.8) is 0 Å². The van der Waals surface area contributed by atoms with Crippen LogP contribution in [0.5, 0.6) is 0 Å². The van der Waals surface area contributed by atoms with Gasteiger partial charge in [0, 0.05) is 26.2 Å². The lowest BCUT2D eigenvalue weighted by Gasteiger charge is -2.40. The van der Waals surface area contributed by atoms with E-state index >= 15 is 0 Å². The maximum atomic E-state index is 3.96. The standard InChI is InChI=1S/C39H30N4S/c1-3-11-25(12-4-1)26-19-21-28(22-20-26)38-40-37(27-13-5-2-6-14-27)41-39(42-38)43-33-17-9-7-15-29(33)31-23-24-32-30-16-8-10-18-34(30)44-36(32)35(31)43/h1-24,37-42H. The second-order valence-corrected chi connectivity index (χ2v) is 12.5. The van der Waals surface area contributed by atoms with Crippen LogP contribution in [0.4, 0.5) is 0 Å². The topological polar surface area (TPSA) is 41.0 Å². The molecule has 4 nitrogen and oxygen atoms in total. The first kappa shape index (κ1) is 25.7. The van der Waals surface area contributed by atoms with Gasteiger partial charge in [-0.2, -0.15) is 0 Å². The number of para-hydroxylation sites is 1.